The van der Waals surface area contributed by atoms with E-state index in [0.717, 1.165) is 37.5 Å². The van der Waals surface area contributed by atoms with Crippen molar-refractivity contribution in [3.05, 3.63) is 34.1 Å². The number of hydrogen-bond acceptors (Lipinski definition) is 2. The van der Waals surface area contributed by atoms with E-state index in [1.54, 1.807) is 0 Å². The van der Waals surface area contributed by atoms with Crippen LogP contribution in [0.1, 0.15) is 38.7 Å². The lowest BCUT2D eigenvalue weighted by molar-refractivity contribution is 0.0660. The van der Waals surface area contributed by atoms with Crippen LogP contribution in [-0.2, 0) is 6.54 Å². The summed E-state index contributed by atoms with van der Waals surface area (Å²) < 4.78 is 14.4. The number of benzene rings is 1. The highest BCUT2D eigenvalue weighted by atomic mass is 79.9. The second-order valence-corrected chi connectivity index (χ2v) is 7.61. The predicted molar refractivity (Wildman–Crippen MR) is 87.7 cm³/mol. The number of hydrogen-bond donors (Lipinski definition) is 1. The minimum atomic E-state index is -0.163. The molecule has 1 saturated carbocycles. The summed E-state index contributed by atoms with van der Waals surface area (Å²) in [5, 5.41) is 3.73. The van der Waals surface area contributed by atoms with Gasteiger partial charge in [-0.05, 0) is 59.7 Å². The van der Waals surface area contributed by atoms with Crippen LogP contribution in [-0.4, -0.2) is 29.6 Å². The summed E-state index contributed by atoms with van der Waals surface area (Å²) in [6.45, 7) is 7.46. The maximum Gasteiger partial charge on any atom is 0.137 e. The minimum absolute atomic E-state index is 0.163. The molecule has 0 spiro atoms. The van der Waals surface area contributed by atoms with E-state index in [1.807, 2.05) is 12.1 Å². The first-order chi connectivity index (χ1) is 10.0. The van der Waals surface area contributed by atoms with E-state index >= 15 is 0 Å². The standard InChI is InChI=1S/C17H24BrFN2/c1-3-17(2)11-21(15(9-20-17)12-7-8-12)10-13-5-4-6-14(19)16(13)18/h4-6,12,15,20H,3,7-11H2,1-2H3. The van der Waals surface area contributed by atoms with E-state index in [4.69, 9.17) is 0 Å². The van der Waals surface area contributed by atoms with Gasteiger partial charge >= 0.3 is 0 Å². The largest absolute Gasteiger partial charge is 0.309 e. The molecule has 4 heteroatoms. The molecule has 2 nitrogen and oxygen atoms in total. The first-order valence-corrected chi connectivity index (χ1v) is 8.74. The first-order valence-electron chi connectivity index (χ1n) is 7.94. The van der Waals surface area contributed by atoms with E-state index in [2.05, 4.69) is 40.0 Å². The summed E-state index contributed by atoms with van der Waals surface area (Å²) in [5.41, 5.74) is 1.23. The SMILES string of the molecule is CCC1(C)CN(Cc2cccc(F)c2Br)C(C2CC2)CN1. The van der Waals surface area contributed by atoms with Crippen molar-refractivity contribution in [2.24, 2.45) is 5.92 Å². The molecule has 0 radical (unpaired) electrons. The van der Waals surface area contributed by atoms with Crippen LogP contribution < -0.4 is 5.32 Å². The molecule has 3 rings (SSSR count). The first kappa shape index (κ1) is 15.4. The van der Waals surface area contributed by atoms with Gasteiger partial charge in [0.05, 0.1) is 4.47 Å². The topological polar surface area (TPSA) is 15.3 Å². The van der Waals surface area contributed by atoms with Crippen LogP contribution in [0.3, 0.4) is 0 Å². The Balaban J connectivity index is 1.80. The Morgan fingerprint density at radius 2 is 2.19 bits per heavy atom. The fourth-order valence-electron chi connectivity index (χ4n) is 3.35. The van der Waals surface area contributed by atoms with Crippen molar-refractivity contribution in [1.82, 2.24) is 10.2 Å². The molecule has 116 valence electrons. The fourth-order valence-corrected chi connectivity index (χ4v) is 3.74. The number of nitrogens with one attached hydrogen (secondary N) is 1. The van der Waals surface area contributed by atoms with Crippen molar-refractivity contribution >= 4 is 15.9 Å². The van der Waals surface area contributed by atoms with E-state index < -0.39 is 0 Å². The summed E-state index contributed by atoms with van der Waals surface area (Å²) in [5.74, 6) is 0.662. The van der Waals surface area contributed by atoms with E-state index in [-0.39, 0.29) is 11.4 Å². The highest BCUT2D eigenvalue weighted by Crippen LogP contribution is 2.38. The molecule has 0 aromatic heterocycles. The van der Waals surface area contributed by atoms with Gasteiger partial charge < -0.3 is 5.32 Å². The number of nitrogens with zero attached hydrogens (tertiary/aromatic N) is 1. The van der Waals surface area contributed by atoms with Crippen LogP contribution in [0.15, 0.2) is 22.7 Å². The number of rotatable bonds is 4. The van der Waals surface area contributed by atoms with Gasteiger partial charge in [0.25, 0.3) is 0 Å². The quantitative estimate of drug-likeness (QED) is 0.880. The summed E-state index contributed by atoms with van der Waals surface area (Å²) in [6.07, 6.45) is 3.80. The minimum Gasteiger partial charge on any atom is -0.309 e. The lowest BCUT2D eigenvalue weighted by atomic mass is 9.91. The molecular weight excluding hydrogens is 331 g/mol. The van der Waals surface area contributed by atoms with Gasteiger partial charge in [-0.25, -0.2) is 4.39 Å². The molecule has 1 aliphatic carbocycles. The predicted octanol–water partition coefficient (Wildman–Crippen LogP) is 3.94. The number of halogens is 2. The van der Waals surface area contributed by atoms with Gasteiger partial charge in [0.2, 0.25) is 0 Å². The zero-order valence-electron chi connectivity index (χ0n) is 12.8. The zero-order valence-corrected chi connectivity index (χ0v) is 14.4. The van der Waals surface area contributed by atoms with Gasteiger partial charge in [0, 0.05) is 31.2 Å². The Kier molecular flexibility index (Phi) is 4.40. The van der Waals surface area contributed by atoms with Crippen molar-refractivity contribution in [3.63, 3.8) is 0 Å². The Bertz CT molecular complexity index is 518. The molecule has 1 aromatic rings. The van der Waals surface area contributed by atoms with Crippen molar-refractivity contribution in [2.45, 2.75) is 51.2 Å². The third kappa shape index (κ3) is 3.33. The summed E-state index contributed by atoms with van der Waals surface area (Å²) in [6, 6.07) is 5.95. The maximum absolute atomic E-state index is 13.7. The Morgan fingerprint density at radius 1 is 1.43 bits per heavy atom. The van der Waals surface area contributed by atoms with Crippen LogP contribution in [0.5, 0.6) is 0 Å². The van der Waals surface area contributed by atoms with E-state index in [1.165, 1.54) is 18.9 Å². The third-order valence-electron chi connectivity index (χ3n) is 5.11. The van der Waals surface area contributed by atoms with Crippen molar-refractivity contribution in [3.8, 4) is 0 Å². The molecule has 1 saturated heterocycles. The molecule has 1 aliphatic heterocycles. The van der Waals surface area contributed by atoms with Gasteiger partial charge in [0.15, 0.2) is 0 Å². The molecule has 21 heavy (non-hydrogen) atoms. The average Bonchev–Trinajstić information content (AvgIpc) is 3.29. The van der Waals surface area contributed by atoms with Gasteiger partial charge in [-0.15, -0.1) is 0 Å². The highest BCUT2D eigenvalue weighted by molar-refractivity contribution is 9.10. The average molecular weight is 355 g/mol. The zero-order chi connectivity index (χ0) is 15.0. The lowest BCUT2D eigenvalue weighted by Gasteiger charge is -2.46. The van der Waals surface area contributed by atoms with E-state index in [0.29, 0.717) is 10.5 Å². The highest BCUT2D eigenvalue weighted by Gasteiger charge is 2.41. The van der Waals surface area contributed by atoms with Crippen LogP contribution in [0.4, 0.5) is 4.39 Å². The summed E-state index contributed by atoms with van der Waals surface area (Å²) >= 11 is 3.41. The molecule has 1 N–H and O–H groups in total. The van der Waals surface area contributed by atoms with Gasteiger partial charge in [-0.2, -0.15) is 0 Å². The number of piperazine rings is 1. The molecule has 2 aliphatic rings. The second kappa shape index (κ2) is 5.98. The van der Waals surface area contributed by atoms with Crippen molar-refractivity contribution < 1.29 is 4.39 Å². The smallest absolute Gasteiger partial charge is 0.137 e. The Morgan fingerprint density at radius 3 is 2.86 bits per heavy atom. The third-order valence-corrected chi connectivity index (χ3v) is 6.00. The van der Waals surface area contributed by atoms with Crippen LogP contribution >= 0.6 is 15.9 Å². The molecule has 2 atom stereocenters. The van der Waals surface area contributed by atoms with Gasteiger partial charge in [-0.1, -0.05) is 19.1 Å². The summed E-state index contributed by atoms with van der Waals surface area (Å²) in [4.78, 5) is 2.57. The lowest BCUT2D eigenvalue weighted by Crippen LogP contribution is -2.62. The normalized spacial score (nSPS) is 30.6. The van der Waals surface area contributed by atoms with Gasteiger partial charge in [0.1, 0.15) is 5.82 Å². The van der Waals surface area contributed by atoms with E-state index in [9.17, 15) is 4.39 Å². The Hall–Kier alpha value is -0.450. The van der Waals surface area contributed by atoms with Gasteiger partial charge in [-0.3, -0.25) is 4.90 Å². The molecule has 0 bridgehead atoms. The van der Waals surface area contributed by atoms with Crippen LogP contribution in [0.25, 0.3) is 0 Å². The molecule has 1 heterocycles. The molecule has 2 unspecified atom stereocenters. The van der Waals surface area contributed by atoms with Crippen molar-refractivity contribution in [2.75, 3.05) is 13.1 Å². The maximum atomic E-state index is 13.7. The second-order valence-electron chi connectivity index (χ2n) is 6.82. The van der Waals surface area contributed by atoms with Crippen LogP contribution in [0.2, 0.25) is 0 Å². The molecule has 0 amide bonds. The summed E-state index contributed by atoms with van der Waals surface area (Å²) in [7, 11) is 0. The van der Waals surface area contributed by atoms with Crippen LogP contribution in [0, 0.1) is 11.7 Å². The molecule has 1 aromatic carbocycles. The Labute approximate surface area is 135 Å². The van der Waals surface area contributed by atoms with Crippen molar-refractivity contribution in [1.29, 1.82) is 0 Å². The fraction of sp³-hybridized carbons (Fsp3) is 0.647. The monoisotopic (exact) mass is 354 g/mol. The molecule has 2 fully saturated rings. The molecular formula is C17H24BrFN2.